The van der Waals surface area contributed by atoms with E-state index >= 15 is 0 Å². The summed E-state index contributed by atoms with van der Waals surface area (Å²) in [4.78, 5) is 20.8. The van der Waals surface area contributed by atoms with Gasteiger partial charge in [0.1, 0.15) is 6.34 Å². The number of carbonyl (C=O) groups excluding carboxylic acids is 1. The predicted molar refractivity (Wildman–Crippen MR) is 109 cm³/mol. The lowest BCUT2D eigenvalue weighted by atomic mass is 10.1. The number of unbranched alkanes of at least 4 members (excludes halogenated alkanes) is 11. The molecule has 5 nitrogen and oxygen atoms in total. The average molecular weight is 369 g/mol. The third-order valence-corrected chi connectivity index (χ3v) is 4.52. The summed E-state index contributed by atoms with van der Waals surface area (Å²) in [5.41, 5.74) is 0. The molecular weight excluding hydrogens is 328 g/mol. The molecule has 0 fully saturated rings. The molecule has 1 aliphatic heterocycles. The molecule has 0 bridgehead atoms. The highest BCUT2D eigenvalue weighted by molar-refractivity contribution is 5.70. The summed E-state index contributed by atoms with van der Waals surface area (Å²) in [6.07, 6.45) is 23.3. The first kappa shape index (κ1) is 24.6. The van der Waals surface area contributed by atoms with Crippen molar-refractivity contribution in [1.82, 2.24) is 5.06 Å². The molecule has 0 unspecified atom stereocenters. The van der Waals surface area contributed by atoms with Gasteiger partial charge in [0, 0.05) is 6.42 Å². The lowest BCUT2D eigenvalue weighted by Gasteiger charge is -2.12. The lowest BCUT2D eigenvalue weighted by molar-refractivity contribution is -0.170. The third-order valence-electron chi connectivity index (χ3n) is 4.52. The monoisotopic (exact) mass is 368 g/mol. The molecule has 1 rings (SSSR count). The van der Waals surface area contributed by atoms with Crippen LogP contribution in [0.25, 0.3) is 0 Å². The number of rotatable bonds is 16. The molecule has 0 saturated carbocycles. The molecule has 0 amide bonds. The van der Waals surface area contributed by atoms with Crippen molar-refractivity contribution in [1.29, 1.82) is 0 Å². The maximum absolute atomic E-state index is 11.6. The van der Waals surface area contributed by atoms with Gasteiger partial charge in [0.05, 0.1) is 13.1 Å². The van der Waals surface area contributed by atoms with Crippen LogP contribution in [0.3, 0.4) is 0 Å². The van der Waals surface area contributed by atoms with Crippen molar-refractivity contribution in [3.8, 4) is 0 Å². The van der Waals surface area contributed by atoms with Crippen LogP contribution in [0.15, 0.2) is 17.1 Å². The van der Waals surface area contributed by atoms with E-state index in [1.54, 1.807) is 6.34 Å². The van der Waals surface area contributed by atoms with Crippen LogP contribution in [0.5, 0.6) is 0 Å². The number of carbonyl (C=O) groups is 1. The Bertz CT molecular complexity index is 383. The number of allylic oxidation sites excluding steroid dienone is 2. The number of nitrogens with zero attached hydrogens (tertiary/aromatic N) is 2. The second kappa shape index (κ2) is 18.4. The smallest absolute Gasteiger partial charge is 0.332 e. The first-order chi connectivity index (χ1) is 12.3. The lowest BCUT2D eigenvalue weighted by Crippen LogP contribution is -2.24. The minimum atomic E-state index is -0.133. The number of hydrogen-bond donors (Lipinski definition) is 0. The van der Waals surface area contributed by atoms with Gasteiger partial charge >= 0.3 is 5.97 Å². The summed E-state index contributed by atoms with van der Waals surface area (Å²) in [6.45, 7) is 3.68. The van der Waals surface area contributed by atoms with E-state index in [0.717, 1.165) is 19.4 Å². The molecule has 1 heterocycles. The van der Waals surface area contributed by atoms with E-state index in [0.29, 0.717) is 13.0 Å². The quantitative estimate of drug-likeness (QED) is 0.284. The molecule has 0 saturated heterocycles. The molecule has 0 radical (unpaired) electrons. The first-order valence-corrected chi connectivity index (χ1v) is 10.5. The average Bonchev–Trinajstić information content (AvgIpc) is 3.11. The molecule has 0 aromatic heterocycles. The molecule has 0 aromatic carbocycles. The molecule has 0 aliphatic carbocycles. The molecule has 1 aliphatic rings. The van der Waals surface area contributed by atoms with Crippen LogP contribution in [0, 0.1) is 0 Å². The largest absolute Gasteiger partial charge is 0.412 e. The summed E-state index contributed by atoms with van der Waals surface area (Å²) in [5, 5.41) is 1.53. The zero-order valence-electron chi connectivity index (χ0n) is 16.8. The Balaban J connectivity index is 0.00000625. The fourth-order valence-corrected chi connectivity index (χ4v) is 2.95. The van der Waals surface area contributed by atoms with Crippen molar-refractivity contribution in [2.45, 2.75) is 96.8 Å². The summed E-state index contributed by atoms with van der Waals surface area (Å²) >= 11 is 0. The van der Waals surface area contributed by atoms with E-state index in [4.69, 9.17) is 4.84 Å². The van der Waals surface area contributed by atoms with Gasteiger partial charge in [-0.25, -0.2) is 4.79 Å². The second-order valence-electron chi connectivity index (χ2n) is 6.96. The third kappa shape index (κ3) is 14.9. The fourth-order valence-electron chi connectivity index (χ4n) is 2.95. The molecule has 2 N–H and O–H groups in total. The van der Waals surface area contributed by atoms with Gasteiger partial charge in [0.2, 0.25) is 0 Å². The Morgan fingerprint density at radius 2 is 1.54 bits per heavy atom. The van der Waals surface area contributed by atoms with Gasteiger partial charge in [-0.3, -0.25) is 4.99 Å². The first-order valence-electron chi connectivity index (χ1n) is 10.5. The van der Waals surface area contributed by atoms with Crippen LogP contribution >= 0.6 is 0 Å². The zero-order chi connectivity index (χ0) is 18.0. The van der Waals surface area contributed by atoms with Gasteiger partial charge < -0.3 is 10.3 Å². The zero-order valence-corrected chi connectivity index (χ0v) is 16.8. The minimum Gasteiger partial charge on any atom is -0.412 e. The maximum Gasteiger partial charge on any atom is 0.332 e. The van der Waals surface area contributed by atoms with E-state index in [9.17, 15) is 4.79 Å². The molecule has 152 valence electrons. The van der Waals surface area contributed by atoms with Crippen molar-refractivity contribution in [3.05, 3.63) is 12.2 Å². The molecular formula is C21H40N2O3. The fraction of sp³-hybridized carbons (Fsp3) is 0.810. The molecule has 26 heavy (non-hydrogen) atoms. The van der Waals surface area contributed by atoms with Gasteiger partial charge in [-0.15, -0.1) is 0 Å². The highest BCUT2D eigenvalue weighted by Gasteiger charge is 2.11. The van der Waals surface area contributed by atoms with Crippen molar-refractivity contribution in [3.63, 3.8) is 0 Å². The number of hydroxylamine groups is 2. The SMILES string of the molecule is CCCCCCCC/C=C\CCCCCCCC(=O)ON1C=NCC1.O. The van der Waals surface area contributed by atoms with Crippen LogP contribution in [-0.4, -0.2) is 35.9 Å². The summed E-state index contributed by atoms with van der Waals surface area (Å²) in [6, 6.07) is 0. The summed E-state index contributed by atoms with van der Waals surface area (Å²) < 4.78 is 0. The van der Waals surface area contributed by atoms with E-state index in [2.05, 4.69) is 24.1 Å². The molecule has 0 atom stereocenters. The van der Waals surface area contributed by atoms with Crippen LogP contribution in [-0.2, 0) is 9.63 Å². The van der Waals surface area contributed by atoms with Crippen LogP contribution < -0.4 is 0 Å². The Hall–Kier alpha value is -1.36. The summed E-state index contributed by atoms with van der Waals surface area (Å²) in [5.74, 6) is -0.133. The minimum absolute atomic E-state index is 0. The van der Waals surface area contributed by atoms with Crippen molar-refractivity contribution >= 4 is 12.3 Å². The number of aliphatic imine (C=N–C) groups is 1. The van der Waals surface area contributed by atoms with E-state index < -0.39 is 0 Å². The maximum atomic E-state index is 11.6. The molecule has 0 spiro atoms. The van der Waals surface area contributed by atoms with Crippen LogP contribution in [0.2, 0.25) is 0 Å². The van der Waals surface area contributed by atoms with E-state index in [1.807, 2.05) is 0 Å². The predicted octanol–water partition coefficient (Wildman–Crippen LogP) is 5.00. The Kier molecular flexibility index (Phi) is 17.5. The second-order valence-corrected chi connectivity index (χ2v) is 6.96. The Morgan fingerprint density at radius 1 is 0.962 bits per heavy atom. The molecule has 5 heteroatoms. The standard InChI is InChI=1S/C21H38N2O2.H2O/c1-2-3-4-5-6-7-8-9-10-11-12-13-14-15-16-17-21(24)25-23-19-18-22-20-23;/h9-10,20H,2-8,11-19H2,1H3;1H2/b10-9-;. The van der Waals surface area contributed by atoms with E-state index in [-0.39, 0.29) is 11.4 Å². The van der Waals surface area contributed by atoms with Crippen LogP contribution in [0.1, 0.15) is 96.8 Å². The van der Waals surface area contributed by atoms with Gasteiger partial charge in [-0.2, -0.15) is 5.06 Å². The van der Waals surface area contributed by atoms with Crippen molar-refractivity contribution in [2.24, 2.45) is 4.99 Å². The van der Waals surface area contributed by atoms with Gasteiger partial charge in [0.15, 0.2) is 0 Å². The van der Waals surface area contributed by atoms with Gasteiger partial charge in [0.25, 0.3) is 0 Å². The summed E-state index contributed by atoms with van der Waals surface area (Å²) in [7, 11) is 0. The normalized spacial score (nSPS) is 13.3. The number of hydrogen-bond acceptors (Lipinski definition) is 4. The van der Waals surface area contributed by atoms with Gasteiger partial charge in [-0.1, -0.05) is 70.4 Å². The van der Waals surface area contributed by atoms with Gasteiger partial charge in [-0.05, 0) is 32.1 Å². The van der Waals surface area contributed by atoms with Crippen molar-refractivity contribution < 1.29 is 15.1 Å². The topological polar surface area (TPSA) is 73.4 Å². The van der Waals surface area contributed by atoms with E-state index in [1.165, 1.54) is 75.7 Å². The Morgan fingerprint density at radius 3 is 2.12 bits per heavy atom. The highest BCUT2D eigenvalue weighted by Crippen LogP contribution is 2.10. The molecule has 0 aromatic rings. The van der Waals surface area contributed by atoms with Crippen LogP contribution in [0.4, 0.5) is 0 Å². The highest BCUT2D eigenvalue weighted by atomic mass is 16.7. The van der Waals surface area contributed by atoms with Crippen molar-refractivity contribution in [2.75, 3.05) is 13.1 Å². The Labute approximate surface area is 160 Å².